The van der Waals surface area contributed by atoms with E-state index in [-0.39, 0.29) is 15.4 Å². The molecule has 0 bridgehead atoms. The summed E-state index contributed by atoms with van der Waals surface area (Å²) >= 11 is 10.4. The molecule has 0 saturated heterocycles. The van der Waals surface area contributed by atoms with Crippen molar-refractivity contribution in [3.05, 3.63) is 56.2 Å². The van der Waals surface area contributed by atoms with Crippen LogP contribution in [0.25, 0.3) is 0 Å². The maximum Gasteiger partial charge on any atom is 0.142 e. The van der Waals surface area contributed by atoms with Crippen LogP contribution in [0.4, 0.5) is 8.78 Å². The number of benzene rings is 1. The first kappa shape index (κ1) is 13.0. The van der Waals surface area contributed by atoms with Crippen molar-refractivity contribution in [2.24, 2.45) is 0 Å². The predicted molar refractivity (Wildman–Crippen MR) is 71.2 cm³/mol. The molecule has 0 N–H and O–H groups in total. The van der Waals surface area contributed by atoms with Crippen molar-refractivity contribution in [2.45, 2.75) is 11.8 Å². The Morgan fingerprint density at radius 2 is 1.94 bits per heavy atom. The van der Waals surface area contributed by atoms with Gasteiger partial charge in [-0.2, -0.15) is 0 Å². The molecule has 0 spiro atoms. The van der Waals surface area contributed by atoms with Crippen molar-refractivity contribution in [1.82, 2.24) is 0 Å². The molecule has 5 heteroatoms. The summed E-state index contributed by atoms with van der Waals surface area (Å²) in [6.45, 7) is 1.96. The molecule has 1 aromatic heterocycles. The van der Waals surface area contributed by atoms with Crippen LogP contribution in [0.2, 0.25) is 5.02 Å². The van der Waals surface area contributed by atoms with Crippen molar-refractivity contribution in [3.8, 4) is 0 Å². The predicted octanol–water partition coefficient (Wildman–Crippen LogP) is 5.47. The molecular weight excluding hydrogens is 330 g/mol. The summed E-state index contributed by atoms with van der Waals surface area (Å²) in [5.74, 6) is -1.12. The highest BCUT2D eigenvalue weighted by Crippen LogP contribution is 2.37. The molecule has 1 atom stereocenters. The third-order valence-corrected chi connectivity index (χ3v) is 4.97. The van der Waals surface area contributed by atoms with Crippen LogP contribution in [0.3, 0.4) is 0 Å². The van der Waals surface area contributed by atoms with Crippen LogP contribution >= 0.6 is 38.9 Å². The van der Waals surface area contributed by atoms with Crippen molar-refractivity contribution in [1.29, 1.82) is 0 Å². The SMILES string of the molecule is Cc1ccc(C(Br)c2cc(F)c(Cl)cc2F)s1. The molecule has 1 heterocycles. The lowest BCUT2D eigenvalue weighted by molar-refractivity contribution is 0.589. The Labute approximate surface area is 115 Å². The quantitative estimate of drug-likeness (QED) is 0.503. The standard InChI is InChI=1S/C12H8BrClF2S/c1-6-2-3-11(17-6)12(13)7-4-10(16)8(14)5-9(7)15/h2-5,12H,1H3. The molecule has 0 fully saturated rings. The zero-order valence-electron chi connectivity index (χ0n) is 8.81. The van der Waals surface area contributed by atoms with Gasteiger partial charge in [-0.25, -0.2) is 8.78 Å². The van der Waals surface area contributed by atoms with Crippen LogP contribution in [-0.4, -0.2) is 0 Å². The maximum absolute atomic E-state index is 13.7. The van der Waals surface area contributed by atoms with Gasteiger partial charge >= 0.3 is 0 Å². The van der Waals surface area contributed by atoms with Gasteiger partial charge in [0.05, 0.1) is 9.85 Å². The van der Waals surface area contributed by atoms with E-state index in [1.165, 1.54) is 0 Å². The molecule has 0 saturated carbocycles. The first-order valence-electron chi connectivity index (χ1n) is 4.84. The van der Waals surface area contributed by atoms with Crippen LogP contribution in [0.5, 0.6) is 0 Å². The van der Waals surface area contributed by atoms with Crippen molar-refractivity contribution in [2.75, 3.05) is 0 Å². The molecule has 0 amide bonds. The molecule has 0 aliphatic carbocycles. The van der Waals surface area contributed by atoms with Crippen molar-refractivity contribution in [3.63, 3.8) is 0 Å². The minimum atomic E-state index is -0.610. The summed E-state index contributed by atoms with van der Waals surface area (Å²) in [5, 5.41) is -0.201. The average Bonchev–Trinajstić information content (AvgIpc) is 2.69. The molecule has 0 aliphatic heterocycles. The Balaban J connectivity index is 2.43. The molecule has 0 radical (unpaired) electrons. The van der Waals surface area contributed by atoms with E-state index in [1.54, 1.807) is 11.3 Å². The lowest BCUT2D eigenvalue weighted by Crippen LogP contribution is -1.96. The van der Waals surface area contributed by atoms with Crippen molar-refractivity contribution >= 4 is 38.9 Å². The van der Waals surface area contributed by atoms with Gasteiger partial charge in [-0.05, 0) is 31.2 Å². The fourth-order valence-corrected chi connectivity index (χ4v) is 3.28. The molecule has 0 aliphatic rings. The highest BCUT2D eigenvalue weighted by atomic mass is 79.9. The number of hydrogen-bond acceptors (Lipinski definition) is 1. The first-order valence-corrected chi connectivity index (χ1v) is 6.95. The highest BCUT2D eigenvalue weighted by molar-refractivity contribution is 9.09. The van der Waals surface area contributed by atoms with Gasteiger partial charge in [-0.3, -0.25) is 0 Å². The van der Waals surface area contributed by atoms with E-state index in [4.69, 9.17) is 11.6 Å². The maximum atomic E-state index is 13.7. The summed E-state index contributed by atoms with van der Waals surface area (Å²) in [6.07, 6.45) is 0. The number of hydrogen-bond donors (Lipinski definition) is 0. The minimum Gasteiger partial charge on any atom is -0.207 e. The molecule has 17 heavy (non-hydrogen) atoms. The summed E-state index contributed by atoms with van der Waals surface area (Å²) < 4.78 is 27.0. The number of rotatable bonds is 2. The molecule has 90 valence electrons. The lowest BCUT2D eigenvalue weighted by Gasteiger charge is -2.10. The zero-order valence-corrected chi connectivity index (χ0v) is 12.0. The topological polar surface area (TPSA) is 0 Å². The van der Waals surface area contributed by atoms with E-state index in [2.05, 4.69) is 15.9 Å². The van der Waals surface area contributed by atoms with Gasteiger partial charge in [0.25, 0.3) is 0 Å². The normalized spacial score (nSPS) is 12.8. The monoisotopic (exact) mass is 336 g/mol. The molecule has 2 rings (SSSR count). The Morgan fingerprint density at radius 3 is 2.53 bits per heavy atom. The van der Waals surface area contributed by atoms with Gasteiger partial charge in [0, 0.05) is 15.3 Å². The second kappa shape index (κ2) is 5.04. The van der Waals surface area contributed by atoms with Crippen molar-refractivity contribution < 1.29 is 8.78 Å². The molecular formula is C12H8BrClF2S. The van der Waals surface area contributed by atoms with Crippen LogP contribution < -0.4 is 0 Å². The average molecular weight is 338 g/mol. The summed E-state index contributed by atoms with van der Waals surface area (Å²) in [4.78, 5) is 1.70. The van der Waals surface area contributed by atoms with E-state index < -0.39 is 11.6 Å². The zero-order chi connectivity index (χ0) is 12.6. The Hall–Kier alpha value is -0.450. The first-order chi connectivity index (χ1) is 7.99. The Morgan fingerprint density at radius 1 is 1.24 bits per heavy atom. The van der Waals surface area contributed by atoms with E-state index in [0.29, 0.717) is 0 Å². The Bertz CT molecular complexity index is 553. The Kier molecular flexibility index (Phi) is 3.85. The highest BCUT2D eigenvalue weighted by Gasteiger charge is 2.18. The van der Waals surface area contributed by atoms with Crippen LogP contribution in [-0.2, 0) is 0 Å². The lowest BCUT2D eigenvalue weighted by atomic mass is 10.1. The molecule has 1 unspecified atom stereocenters. The van der Waals surface area contributed by atoms with Gasteiger partial charge in [0.1, 0.15) is 11.6 Å². The second-order valence-electron chi connectivity index (χ2n) is 3.60. The van der Waals surface area contributed by atoms with Gasteiger partial charge in [-0.15, -0.1) is 11.3 Å². The number of halogens is 4. The summed E-state index contributed by atoms with van der Waals surface area (Å²) in [6, 6.07) is 5.97. The van der Waals surface area contributed by atoms with E-state index in [0.717, 1.165) is 21.9 Å². The van der Waals surface area contributed by atoms with Crippen LogP contribution in [0.1, 0.15) is 20.1 Å². The number of aryl methyl sites for hydroxylation is 1. The largest absolute Gasteiger partial charge is 0.207 e. The van der Waals surface area contributed by atoms with E-state index in [9.17, 15) is 8.78 Å². The molecule has 1 aromatic carbocycles. The van der Waals surface area contributed by atoms with Gasteiger partial charge in [0.15, 0.2) is 0 Å². The van der Waals surface area contributed by atoms with Gasteiger partial charge in [-0.1, -0.05) is 27.5 Å². The van der Waals surface area contributed by atoms with Gasteiger partial charge < -0.3 is 0 Å². The molecule has 0 nitrogen and oxygen atoms in total. The third kappa shape index (κ3) is 2.69. The van der Waals surface area contributed by atoms with Crippen LogP contribution in [0.15, 0.2) is 24.3 Å². The summed E-state index contributed by atoms with van der Waals surface area (Å²) in [7, 11) is 0. The minimum absolute atomic E-state index is 0.201. The fraction of sp³-hybridized carbons (Fsp3) is 0.167. The van der Waals surface area contributed by atoms with Gasteiger partial charge in [0.2, 0.25) is 0 Å². The number of alkyl halides is 1. The second-order valence-corrected chi connectivity index (χ2v) is 6.24. The molecule has 2 aromatic rings. The third-order valence-electron chi connectivity index (χ3n) is 2.32. The van der Waals surface area contributed by atoms with E-state index in [1.807, 2.05) is 19.1 Å². The van der Waals surface area contributed by atoms with Crippen LogP contribution in [0, 0.1) is 18.6 Å². The number of thiophene rings is 1. The fourth-order valence-electron chi connectivity index (χ4n) is 1.48. The smallest absolute Gasteiger partial charge is 0.142 e. The summed E-state index contributed by atoms with van der Waals surface area (Å²) in [5.41, 5.74) is 0.258. The van der Waals surface area contributed by atoms with E-state index >= 15 is 0 Å².